The lowest BCUT2D eigenvalue weighted by molar-refractivity contribution is -0.141. The van der Waals surface area contributed by atoms with Crippen LogP contribution in [-0.4, -0.2) is 152 Å². The number of ether oxygens (including phenoxy) is 2. The van der Waals surface area contributed by atoms with Gasteiger partial charge in [0.15, 0.2) is 17.4 Å². The zero-order valence-corrected chi connectivity index (χ0v) is 49.9. The quantitative estimate of drug-likeness (QED) is 0.0685. The third-order valence-electron chi connectivity index (χ3n) is 18.1. The Morgan fingerprint density at radius 2 is 1.60 bits per heavy atom. The summed E-state index contributed by atoms with van der Waals surface area (Å²) in [6.07, 6.45) is 9.26. The van der Waals surface area contributed by atoms with Gasteiger partial charge in [0.25, 0.3) is 0 Å². The van der Waals surface area contributed by atoms with Crippen LogP contribution in [0.4, 0.5) is 34.0 Å². The third kappa shape index (κ3) is 11.5. The van der Waals surface area contributed by atoms with Crippen LogP contribution in [0.3, 0.4) is 0 Å². The average Bonchev–Trinajstić information content (AvgIpc) is 1.03. The number of pyridine rings is 1. The lowest BCUT2D eigenvalue weighted by atomic mass is 9.72. The second-order valence-corrected chi connectivity index (χ2v) is 25.5. The number of amides is 3. The normalized spacial score (nSPS) is 20.8. The van der Waals surface area contributed by atoms with Crippen molar-refractivity contribution in [1.82, 2.24) is 40.1 Å². The summed E-state index contributed by atoms with van der Waals surface area (Å²) >= 11 is 0. The Labute approximate surface area is 506 Å². The summed E-state index contributed by atoms with van der Waals surface area (Å²) in [6.45, 7) is 15.5. The van der Waals surface area contributed by atoms with Crippen molar-refractivity contribution in [3.05, 3.63) is 119 Å². The van der Waals surface area contributed by atoms with Crippen molar-refractivity contribution >= 4 is 51.2 Å². The van der Waals surface area contributed by atoms with E-state index in [2.05, 4.69) is 36.2 Å². The van der Waals surface area contributed by atoms with Gasteiger partial charge in [-0.2, -0.15) is 9.97 Å². The van der Waals surface area contributed by atoms with Crippen LogP contribution in [0.5, 0.6) is 11.8 Å². The van der Waals surface area contributed by atoms with Crippen molar-refractivity contribution in [2.24, 2.45) is 11.3 Å². The first kappa shape index (κ1) is 59.8. The number of carbonyl (C=O) groups is 3. The maximum absolute atomic E-state index is 17.4. The van der Waals surface area contributed by atoms with E-state index in [1.54, 1.807) is 42.2 Å². The highest BCUT2D eigenvalue weighted by Gasteiger charge is 2.49. The first-order valence-electron chi connectivity index (χ1n) is 30.0. The number of nitrogens with one attached hydrogen (secondary N) is 1. The van der Waals surface area contributed by atoms with Crippen LogP contribution in [0.1, 0.15) is 102 Å². The number of aliphatic hydroxyl groups excluding tert-OH is 1. The molecule has 3 amide bonds. The molecule has 1 spiro atoms. The molecule has 0 radical (unpaired) electrons. The van der Waals surface area contributed by atoms with Gasteiger partial charge in [0, 0.05) is 74.3 Å². The van der Waals surface area contributed by atoms with Gasteiger partial charge >= 0.3 is 12.1 Å². The first-order valence-corrected chi connectivity index (χ1v) is 30.0. The largest absolute Gasteiger partial charge is 0.508 e. The van der Waals surface area contributed by atoms with Crippen molar-refractivity contribution in [3.8, 4) is 46.5 Å². The smallest absolute Gasteiger partial charge is 0.410 e. The summed E-state index contributed by atoms with van der Waals surface area (Å²) in [5.41, 5.74) is -0.0907. The molecule has 7 aromatic rings. The molecule has 8 heterocycles. The fraction of sp³-hybridized carbons (Fsp3) is 0.439. The van der Waals surface area contributed by atoms with Gasteiger partial charge in [-0.05, 0) is 119 Å². The molecule has 460 valence electrons. The molecular weight excluding hydrogens is 1140 g/mol. The van der Waals surface area contributed by atoms with Crippen LogP contribution < -0.4 is 19.9 Å². The molecule has 6 atom stereocenters. The van der Waals surface area contributed by atoms with E-state index in [0.29, 0.717) is 58.9 Å². The minimum atomic E-state index is -0.955. The Kier molecular flexibility index (Phi) is 16.0. The van der Waals surface area contributed by atoms with Gasteiger partial charge in [0.2, 0.25) is 11.8 Å². The summed E-state index contributed by atoms with van der Waals surface area (Å²) in [5, 5.41) is 29.9. The maximum Gasteiger partial charge on any atom is 0.410 e. The fourth-order valence-corrected chi connectivity index (χ4v) is 13.6. The molecule has 2 bridgehead atoms. The number of terminal acetylenes is 1. The molecule has 3 N–H and O–H groups in total. The van der Waals surface area contributed by atoms with Gasteiger partial charge in [-0.15, -0.1) is 6.42 Å². The van der Waals surface area contributed by atoms with Crippen molar-refractivity contribution in [3.63, 3.8) is 0 Å². The summed E-state index contributed by atoms with van der Waals surface area (Å²) in [7, 11) is 0. The molecule has 3 aromatic heterocycles. The number of hydrogen-bond acceptors (Lipinski definition) is 15. The van der Waals surface area contributed by atoms with E-state index in [1.807, 2.05) is 39.5 Å². The highest BCUT2D eigenvalue weighted by Crippen LogP contribution is 2.45. The van der Waals surface area contributed by atoms with Crippen LogP contribution in [0.2, 0.25) is 0 Å². The molecule has 5 aliphatic rings. The monoisotopic (exact) mass is 1210 g/mol. The van der Waals surface area contributed by atoms with Crippen LogP contribution in [0.15, 0.2) is 83.5 Å². The van der Waals surface area contributed by atoms with E-state index in [1.165, 1.54) is 53.6 Å². The molecule has 12 rings (SSSR count). The van der Waals surface area contributed by atoms with Crippen molar-refractivity contribution in [2.45, 2.75) is 115 Å². The molecule has 0 aliphatic carbocycles. The molecule has 18 nitrogen and oxygen atoms in total. The minimum Gasteiger partial charge on any atom is -0.508 e. The number of aliphatic hydroxyl groups is 1. The van der Waals surface area contributed by atoms with Gasteiger partial charge in [0.05, 0.1) is 40.7 Å². The number of phenolic OH excluding ortho intramolecular Hbond substituents is 1. The maximum atomic E-state index is 17.4. The minimum absolute atomic E-state index is 0.0209. The SMILES string of the molecule is C#Cc1c(F)ccc2cc(O)cc(-c3ncc4c(N5CC6CCC(C5)N6C(=O)OC(C)(C)C)nc(OCCN5CCC6(CC5)CN(c5cc([C@H](C(=O)N7C[C@H](O)C[C@H]7C(=O)N[C@@H](C)c7ccc(-c8c(F)cccc8F)cc7)C(C)C)on5)C6)nc4c3F)c12. The predicted molar refractivity (Wildman–Crippen MR) is 321 cm³/mol. The number of fused-ring (bicyclic) bond motifs is 4. The number of benzene rings is 4. The highest BCUT2D eigenvalue weighted by atomic mass is 19.1. The van der Waals surface area contributed by atoms with Crippen molar-refractivity contribution in [1.29, 1.82) is 0 Å². The highest BCUT2D eigenvalue weighted by molar-refractivity contribution is 6.03. The Hall–Kier alpha value is -8.55. The lowest BCUT2D eigenvalue weighted by Crippen LogP contribution is -2.60. The van der Waals surface area contributed by atoms with E-state index in [4.69, 9.17) is 25.4 Å². The molecule has 5 fully saturated rings. The van der Waals surface area contributed by atoms with E-state index in [0.717, 1.165) is 51.9 Å². The number of β-amino-alcohol motifs (C(OH)–C–C–N with tert-alkyl or cyclic N) is 1. The van der Waals surface area contributed by atoms with Gasteiger partial charge in [-0.3, -0.25) is 24.4 Å². The number of halogens is 4. The Bertz CT molecular complexity index is 3860. The zero-order valence-electron chi connectivity index (χ0n) is 49.9. The summed E-state index contributed by atoms with van der Waals surface area (Å²) in [6, 6.07) is 15.5. The Balaban J connectivity index is 0.692. The number of aromatic hydroxyl groups is 1. The van der Waals surface area contributed by atoms with Gasteiger partial charge in [0.1, 0.15) is 64.4 Å². The number of piperazine rings is 1. The molecule has 88 heavy (non-hydrogen) atoms. The van der Waals surface area contributed by atoms with Crippen LogP contribution in [0, 0.1) is 46.9 Å². The second kappa shape index (κ2) is 23.5. The number of aromatic nitrogens is 4. The van der Waals surface area contributed by atoms with Crippen LogP contribution >= 0.6 is 0 Å². The number of phenols is 1. The van der Waals surface area contributed by atoms with Crippen LogP contribution in [-0.2, 0) is 14.3 Å². The summed E-state index contributed by atoms with van der Waals surface area (Å²) < 4.78 is 79.6. The zero-order chi connectivity index (χ0) is 62.1. The topological polar surface area (TPSA) is 203 Å². The summed E-state index contributed by atoms with van der Waals surface area (Å²) in [5.74, 6) is -1.20. The molecular formula is C66H70F4N10O8. The van der Waals surface area contributed by atoms with Gasteiger partial charge < -0.3 is 44.2 Å². The van der Waals surface area contributed by atoms with Crippen molar-refractivity contribution < 1.29 is 56.2 Å². The van der Waals surface area contributed by atoms with E-state index < -0.39 is 58.9 Å². The standard InChI is InChI=1S/C66H70F4N10O8/c1-8-45-48(67)19-16-40-26-43(81)27-46(55(40)45)58-57(70)59-47(30-71-58)60(77-31-41-17-18-42(32-77)80(41)64(85)87-65(5,6)7)74-63(73-59)86-25-24-76-22-20-66(21-23-76)34-78(35-66)53-29-52(88-75-53)54(36(2)3)62(84)79-33-44(82)28-51(79)61(83)72-37(4)38-12-14-39(15-13-38)56-49(68)10-9-11-50(56)69/h1,9-16,19,26-27,29-30,36-37,41-42,44,51,54,81-82H,17-18,20-25,28,31-35H2,2-7H3,(H,72,83)/t37-,41?,42?,44+,51-,54+/m0/s1. The number of piperidine rings is 1. The Morgan fingerprint density at radius 3 is 2.27 bits per heavy atom. The number of hydrogen-bond donors (Lipinski definition) is 3. The predicted octanol–water partition coefficient (Wildman–Crippen LogP) is 9.89. The fourth-order valence-electron chi connectivity index (χ4n) is 13.6. The van der Waals surface area contributed by atoms with Crippen LogP contribution in [0.25, 0.3) is 44.1 Å². The number of likely N-dealkylation sites (tertiary alicyclic amines) is 2. The number of carbonyl (C=O) groups excluding carboxylic acids is 3. The van der Waals surface area contributed by atoms with E-state index >= 15 is 8.78 Å². The Morgan fingerprint density at radius 1 is 0.898 bits per heavy atom. The molecule has 5 aliphatic heterocycles. The molecule has 4 aromatic carbocycles. The van der Waals surface area contributed by atoms with Gasteiger partial charge in [-0.25, -0.2) is 22.4 Å². The molecule has 5 saturated heterocycles. The molecule has 2 unspecified atom stereocenters. The third-order valence-corrected chi connectivity index (χ3v) is 18.1. The summed E-state index contributed by atoms with van der Waals surface area (Å²) in [4.78, 5) is 65.6. The number of anilines is 2. The van der Waals surface area contributed by atoms with E-state index in [9.17, 15) is 33.4 Å². The number of nitrogens with zero attached hydrogens (tertiary/aromatic N) is 9. The average molecular weight is 1210 g/mol. The first-order chi connectivity index (χ1) is 42.0. The number of rotatable bonds is 14. The lowest BCUT2D eigenvalue weighted by Gasteiger charge is -2.54. The molecule has 22 heteroatoms. The van der Waals surface area contributed by atoms with Crippen molar-refractivity contribution in [2.75, 3.05) is 68.8 Å². The molecule has 0 saturated carbocycles. The van der Waals surface area contributed by atoms with Gasteiger partial charge in [-0.1, -0.05) is 61.3 Å². The van der Waals surface area contributed by atoms with E-state index in [-0.39, 0.29) is 100 Å². The second-order valence-electron chi connectivity index (χ2n) is 25.5.